The van der Waals surface area contributed by atoms with Gasteiger partial charge in [-0.15, -0.1) is 11.3 Å². The zero-order valence-corrected chi connectivity index (χ0v) is 12.5. The van der Waals surface area contributed by atoms with E-state index in [0.717, 1.165) is 16.4 Å². The predicted octanol–water partition coefficient (Wildman–Crippen LogP) is 3.06. The van der Waals surface area contributed by atoms with Crippen LogP contribution in [-0.4, -0.2) is 24.2 Å². The Morgan fingerprint density at radius 1 is 1.40 bits per heavy atom. The summed E-state index contributed by atoms with van der Waals surface area (Å²) in [6, 6.07) is 7.52. The molecule has 0 spiro atoms. The average molecular weight is 293 g/mol. The molecule has 0 bridgehead atoms. The molecule has 1 amide bonds. The average Bonchev–Trinajstić information content (AvgIpc) is 3.04. The van der Waals surface area contributed by atoms with Crippen molar-refractivity contribution in [2.24, 2.45) is 5.92 Å². The van der Waals surface area contributed by atoms with Gasteiger partial charge in [-0.3, -0.25) is 4.79 Å². The number of aliphatic hydroxyl groups is 1. The third-order valence-electron chi connectivity index (χ3n) is 3.05. The fourth-order valence-corrected chi connectivity index (χ4v) is 2.72. The number of furan rings is 1. The lowest BCUT2D eigenvalue weighted by atomic mass is 10.1. The molecule has 0 aromatic carbocycles. The van der Waals surface area contributed by atoms with E-state index < -0.39 is 0 Å². The van der Waals surface area contributed by atoms with Gasteiger partial charge in [-0.1, -0.05) is 6.92 Å². The lowest BCUT2D eigenvalue weighted by Gasteiger charge is -2.10. The van der Waals surface area contributed by atoms with Crippen LogP contribution in [0.1, 0.15) is 28.8 Å². The van der Waals surface area contributed by atoms with Gasteiger partial charge in [-0.2, -0.15) is 0 Å². The summed E-state index contributed by atoms with van der Waals surface area (Å²) in [5.74, 6) is 1.85. The molecule has 108 valence electrons. The van der Waals surface area contributed by atoms with Crippen molar-refractivity contribution in [3.05, 3.63) is 34.9 Å². The molecule has 0 radical (unpaired) electrons. The number of thiophene rings is 1. The summed E-state index contributed by atoms with van der Waals surface area (Å²) in [7, 11) is 0. The minimum Gasteiger partial charge on any atom is -0.461 e. The molecule has 5 heteroatoms. The molecule has 4 nitrogen and oxygen atoms in total. The van der Waals surface area contributed by atoms with Crippen LogP contribution in [0.3, 0.4) is 0 Å². The van der Waals surface area contributed by atoms with Crippen LogP contribution in [-0.2, 0) is 0 Å². The molecule has 0 aliphatic carbocycles. The van der Waals surface area contributed by atoms with Crippen molar-refractivity contribution in [1.82, 2.24) is 5.32 Å². The van der Waals surface area contributed by atoms with Crippen LogP contribution in [0.5, 0.6) is 0 Å². The quantitative estimate of drug-likeness (QED) is 0.860. The highest BCUT2D eigenvalue weighted by atomic mass is 32.1. The number of aliphatic hydroxyl groups excluding tert-OH is 1. The minimum atomic E-state index is -0.0747. The molecule has 0 unspecified atom stereocenters. The van der Waals surface area contributed by atoms with Gasteiger partial charge >= 0.3 is 0 Å². The maximum absolute atomic E-state index is 12.0. The number of nitrogens with one attached hydrogen (secondary N) is 1. The third kappa shape index (κ3) is 3.71. The van der Waals surface area contributed by atoms with Crippen molar-refractivity contribution in [2.75, 3.05) is 13.2 Å². The molecular weight excluding hydrogens is 274 g/mol. The largest absolute Gasteiger partial charge is 0.461 e. The third-order valence-corrected chi connectivity index (χ3v) is 4.14. The zero-order chi connectivity index (χ0) is 14.5. The number of aryl methyl sites for hydroxylation is 1. The van der Waals surface area contributed by atoms with Gasteiger partial charge in [0, 0.05) is 13.2 Å². The van der Waals surface area contributed by atoms with Crippen LogP contribution >= 0.6 is 11.3 Å². The van der Waals surface area contributed by atoms with Gasteiger partial charge in [0.1, 0.15) is 11.5 Å². The van der Waals surface area contributed by atoms with Crippen molar-refractivity contribution in [3.8, 4) is 10.6 Å². The number of carbonyl (C=O) groups is 1. The summed E-state index contributed by atoms with van der Waals surface area (Å²) < 4.78 is 5.54. The van der Waals surface area contributed by atoms with E-state index >= 15 is 0 Å². The summed E-state index contributed by atoms with van der Waals surface area (Å²) in [4.78, 5) is 13.6. The first-order chi connectivity index (χ1) is 9.60. The Kier molecular flexibility index (Phi) is 4.98. The topological polar surface area (TPSA) is 62.5 Å². The fraction of sp³-hybridized carbons (Fsp3) is 0.400. The highest BCUT2D eigenvalue weighted by Crippen LogP contribution is 2.29. The number of hydrogen-bond donors (Lipinski definition) is 2. The number of carbonyl (C=O) groups excluding carboxylic acids is 1. The van der Waals surface area contributed by atoms with Crippen LogP contribution in [0.2, 0.25) is 0 Å². The van der Waals surface area contributed by atoms with Gasteiger partial charge < -0.3 is 14.8 Å². The summed E-state index contributed by atoms with van der Waals surface area (Å²) >= 11 is 1.42. The van der Waals surface area contributed by atoms with E-state index in [4.69, 9.17) is 9.52 Å². The van der Waals surface area contributed by atoms with E-state index in [-0.39, 0.29) is 18.4 Å². The zero-order valence-electron chi connectivity index (χ0n) is 11.7. The highest BCUT2D eigenvalue weighted by Gasteiger charge is 2.12. The summed E-state index contributed by atoms with van der Waals surface area (Å²) in [6.07, 6.45) is 0.696. The number of hydrogen-bond acceptors (Lipinski definition) is 4. The van der Waals surface area contributed by atoms with Gasteiger partial charge in [0.05, 0.1) is 9.75 Å². The SMILES string of the molecule is Cc1ccc(-c2ccc(C(=O)NC[C@@H](C)CCO)s2)o1. The van der Waals surface area contributed by atoms with Crippen molar-refractivity contribution < 1.29 is 14.3 Å². The highest BCUT2D eigenvalue weighted by molar-refractivity contribution is 7.17. The Balaban J connectivity index is 1.96. The van der Waals surface area contributed by atoms with Gasteiger partial charge in [0.15, 0.2) is 0 Å². The fourth-order valence-electron chi connectivity index (χ4n) is 1.84. The maximum Gasteiger partial charge on any atom is 0.261 e. The molecule has 2 aromatic heterocycles. The van der Waals surface area contributed by atoms with Crippen molar-refractivity contribution in [1.29, 1.82) is 0 Å². The van der Waals surface area contributed by atoms with E-state index in [1.807, 2.05) is 38.1 Å². The minimum absolute atomic E-state index is 0.0747. The predicted molar refractivity (Wildman–Crippen MR) is 80.0 cm³/mol. The van der Waals surface area contributed by atoms with Crippen LogP contribution in [0.4, 0.5) is 0 Å². The molecule has 1 atom stereocenters. The second kappa shape index (κ2) is 6.72. The summed E-state index contributed by atoms with van der Waals surface area (Å²) in [6.45, 7) is 4.62. The molecule has 2 rings (SSSR count). The van der Waals surface area contributed by atoms with Crippen LogP contribution in [0.15, 0.2) is 28.7 Å². The Hall–Kier alpha value is -1.59. The van der Waals surface area contributed by atoms with E-state index in [2.05, 4.69) is 5.32 Å². The molecule has 20 heavy (non-hydrogen) atoms. The monoisotopic (exact) mass is 293 g/mol. The van der Waals surface area contributed by atoms with Gasteiger partial charge in [-0.25, -0.2) is 0 Å². The molecule has 0 aliphatic rings. The maximum atomic E-state index is 12.0. The Bertz CT molecular complexity index is 573. The lowest BCUT2D eigenvalue weighted by molar-refractivity contribution is 0.0949. The Morgan fingerprint density at radius 3 is 2.85 bits per heavy atom. The first-order valence-corrected chi connectivity index (χ1v) is 7.47. The van der Waals surface area contributed by atoms with Crippen LogP contribution in [0, 0.1) is 12.8 Å². The van der Waals surface area contributed by atoms with Crippen molar-refractivity contribution in [2.45, 2.75) is 20.3 Å². The molecule has 2 heterocycles. The van der Waals surface area contributed by atoms with Gasteiger partial charge in [0.2, 0.25) is 0 Å². The number of rotatable bonds is 6. The van der Waals surface area contributed by atoms with E-state index in [0.29, 0.717) is 17.8 Å². The van der Waals surface area contributed by atoms with Crippen LogP contribution < -0.4 is 5.32 Å². The lowest BCUT2D eigenvalue weighted by Crippen LogP contribution is -2.27. The normalized spacial score (nSPS) is 12.3. The summed E-state index contributed by atoms with van der Waals surface area (Å²) in [5, 5.41) is 11.7. The molecular formula is C15H19NO3S. The standard InChI is InChI=1S/C15H19NO3S/c1-10(7-8-17)9-16-15(18)14-6-5-13(20-14)12-4-3-11(2)19-12/h3-6,10,17H,7-9H2,1-2H3,(H,16,18)/t10-/m0/s1. The van der Waals surface area contributed by atoms with E-state index in [1.165, 1.54) is 11.3 Å². The smallest absolute Gasteiger partial charge is 0.261 e. The van der Waals surface area contributed by atoms with E-state index in [1.54, 1.807) is 0 Å². The molecule has 2 aromatic rings. The van der Waals surface area contributed by atoms with Crippen molar-refractivity contribution in [3.63, 3.8) is 0 Å². The second-order valence-electron chi connectivity index (χ2n) is 4.90. The number of amides is 1. The molecule has 0 fully saturated rings. The van der Waals surface area contributed by atoms with Gasteiger partial charge in [-0.05, 0) is 43.5 Å². The second-order valence-corrected chi connectivity index (χ2v) is 5.99. The Morgan fingerprint density at radius 2 is 2.20 bits per heavy atom. The molecule has 0 saturated heterocycles. The first kappa shape index (κ1) is 14.8. The molecule has 0 saturated carbocycles. The van der Waals surface area contributed by atoms with E-state index in [9.17, 15) is 4.79 Å². The summed E-state index contributed by atoms with van der Waals surface area (Å²) in [5.41, 5.74) is 0. The Labute approximate surface area is 122 Å². The van der Waals surface area contributed by atoms with Crippen molar-refractivity contribution >= 4 is 17.2 Å². The molecule has 0 aliphatic heterocycles. The first-order valence-electron chi connectivity index (χ1n) is 6.66. The van der Waals surface area contributed by atoms with Crippen LogP contribution in [0.25, 0.3) is 10.6 Å². The van der Waals surface area contributed by atoms with Gasteiger partial charge in [0.25, 0.3) is 5.91 Å². The molecule has 2 N–H and O–H groups in total.